The molecule has 0 aliphatic rings. The molecule has 1 aromatic carbocycles. The van der Waals surface area contributed by atoms with Crippen LogP contribution in [0.2, 0.25) is 0 Å². The number of methoxy groups -OCH3 is 1. The smallest absolute Gasteiger partial charge is 0.422 e. The van der Waals surface area contributed by atoms with Crippen molar-refractivity contribution in [1.82, 2.24) is 4.72 Å². The van der Waals surface area contributed by atoms with Crippen molar-refractivity contribution in [1.29, 1.82) is 0 Å². The van der Waals surface area contributed by atoms with Gasteiger partial charge in [-0.15, -0.1) is 0 Å². The summed E-state index contributed by atoms with van der Waals surface area (Å²) in [6.07, 6.45) is -1.08. The number of carbonyl (C=O) groups excluding carboxylic acids is 1. The monoisotopic (exact) mass is 323 g/mol. The molecule has 4 N–H and O–H groups in total. The second-order valence-corrected chi connectivity index (χ2v) is 5.20. The first-order valence-corrected chi connectivity index (χ1v) is 6.55. The van der Waals surface area contributed by atoms with Gasteiger partial charge in [-0.2, -0.15) is 8.42 Å². The number of amides is 1. The Kier molecular flexibility index (Phi) is 4.18. The Hall–Kier alpha value is -1.48. The maximum atomic E-state index is 11.4. The predicted molar refractivity (Wildman–Crippen MR) is 66.6 cm³/mol. The lowest BCUT2D eigenvalue weighted by atomic mass is 10.3. The van der Waals surface area contributed by atoms with Gasteiger partial charge >= 0.3 is 16.3 Å². The zero-order chi connectivity index (χ0) is 13.1. The number of anilines is 2. The SMILES string of the molecule is COC(=O)NS(=O)(=O)Nc1ccc(Br)c(N)c1. The third-order valence-corrected chi connectivity index (χ3v) is 3.31. The number of nitrogens with two attached hydrogens (primary N) is 1. The van der Waals surface area contributed by atoms with Crippen LogP contribution >= 0.6 is 15.9 Å². The number of ether oxygens (including phenoxy) is 1. The molecule has 0 aliphatic carbocycles. The summed E-state index contributed by atoms with van der Waals surface area (Å²) in [4.78, 5) is 10.8. The lowest BCUT2D eigenvalue weighted by Crippen LogP contribution is -2.35. The van der Waals surface area contributed by atoms with Gasteiger partial charge in [0, 0.05) is 10.2 Å². The highest BCUT2D eigenvalue weighted by Gasteiger charge is 2.14. The summed E-state index contributed by atoms with van der Waals surface area (Å²) in [6, 6.07) is 4.46. The number of hydrogen-bond donors (Lipinski definition) is 3. The van der Waals surface area contributed by atoms with Crippen molar-refractivity contribution >= 4 is 43.6 Å². The van der Waals surface area contributed by atoms with Crippen molar-refractivity contribution in [3.63, 3.8) is 0 Å². The molecule has 1 aromatic rings. The first-order valence-electron chi connectivity index (χ1n) is 4.27. The van der Waals surface area contributed by atoms with E-state index in [1.54, 1.807) is 10.8 Å². The fourth-order valence-corrected chi connectivity index (χ4v) is 1.98. The van der Waals surface area contributed by atoms with Crippen molar-refractivity contribution < 1.29 is 17.9 Å². The minimum Gasteiger partial charge on any atom is -0.452 e. The van der Waals surface area contributed by atoms with Crippen molar-refractivity contribution in [2.45, 2.75) is 0 Å². The van der Waals surface area contributed by atoms with E-state index in [-0.39, 0.29) is 5.69 Å². The Labute approximate surface area is 107 Å². The van der Waals surface area contributed by atoms with Gasteiger partial charge in [0.15, 0.2) is 0 Å². The number of carbonyl (C=O) groups is 1. The number of rotatable bonds is 3. The summed E-state index contributed by atoms with van der Waals surface area (Å²) in [7, 11) is -2.96. The van der Waals surface area contributed by atoms with Crippen LogP contribution in [0.3, 0.4) is 0 Å². The largest absolute Gasteiger partial charge is 0.452 e. The molecule has 0 aromatic heterocycles. The van der Waals surface area contributed by atoms with Crippen molar-refractivity contribution in [3.8, 4) is 0 Å². The van der Waals surface area contributed by atoms with Crippen LogP contribution in [0, 0.1) is 0 Å². The lowest BCUT2D eigenvalue weighted by Gasteiger charge is -2.09. The van der Waals surface area contributed by atoms with Gasteiger partial charge in [-0.05, 0) is 34.1 Å². The molecule has 0 fully saturated rings. The highest BCUT2D eigenvalue weighted by atomic mass is 79.9. The van der Waals surface area contributed by atoms with Crippen LogP contribution in [0.4, 0.5) is 16.2 Å². The van der Waals surface area contributed by atoms with Crippen LogP contribution < -0.4 is 15.2 Å². The first kappa shape index (κ1) is 13.6. The van der Waals surface area contributed by atoms with Crippen LogP contribution in [0.5, 0.6) is 0 Å². The van der Waals surface area contributed by atoms with E-state index in [0.717, 1.165) is 7.11 Å². The van der Waals surface area contributed by atoms with Crippen LogP contribution in [0.25, 0.3) is 0 Å². The Morgan fingerprint density at radius 1 is 1.47 bits per heavy atom. The maximum Gasteiger partial charge on any atom is 0.422 e. The standard InChI is InChI=1S/C8H10BrN3O4S/c1-16-8(13)12-17(14,15)11-5-2-3-6(9)7(10)4-5/h2-4,11H,10H2,1H3,(H,12,13). The molecule has 0 bridgehead atoms. The van der Waals surface area contributed by atoms with E-state index >= 15 is 0 Å². The number of halogens is 1. The molecule has 1 amide bonds. The molecule has 94 valence electrons. The van der Waals surface area contributed by atoms with Gasteiger partial charge in [0.25, 0.3) is 0 Å². The average Bonchev–Trinajstić information content (AvgIpc) is 2.22. The fourth-order valence-electron chi connectivity index (χ4n) is 0.939. The molecular weight excluding hydrogens is 314 g/mol. The van der Waals surface area contributed by atoms with E-state index in [0.29, 0.717) is 10.2 Å². The van der Waals surface area contributed by atoms with E-state index in [9.17, 15) is 13.2 Å². The zero-order valence-corrected chi connectivity index (χ0v) is 11.1. The molecule has 0 aliphatic heterocycles. The molecule has 0 atom stereocenters. The Balaban J connectivity index is 2.83. The zero-order valence-electron chi connectivity index (χ0n) is 8.73. The Morgan fingerprint density at radius 3 is 2.65 bits per heavy atom. The molecule has 0 unspecified atom stereocenters. The Morgan fingerprint density at radius 2 is 2.12 bits per heavy atom. The van der Waals surface area contributed by atoms with Gasteiger partial charge in [0.2, 0.25) is 0 Å². The quantitative estimate of drug-likeness (QED) is 0.720. The molecule has 1 rings (SSSR count). The van der Waals surface area contributed by atoms with Crippen LogP contribution in [-0.2, 0) is 14.9 Å². The number of nitrogens with one attached hydrogen (secondary N) is 2. The normalized spacial score (nSPS) is 10.7. The van der Waals surface area contributed by atoms with Gasteiger partial charge in [0.1, 0.15) is 0 Å². The van der Waals surface area contributed by atoms with Crippen LogP contribution in [-0.4, -0.2) is 21.6 Å². The second-order valence-electron chi connectivity index (χ2n) is 2.94. The topological polar surface area (TPSA) is 111 Å². The minimum atomic E-state index is -4.02. The highest BCUT2D eigenvalue weighted by molar-refractivity contribution is 9.10. The average molecular weight is 324 g/mol. The maximum absolute atomic E-state index is 11.4. The van der Waals surface area contributed by atoms with Crippen molar-refractivity contribution in [2.24, 2.45) is 0 Å². The fraction of sp³-hybridized carbons (Fsp3) is 0.125. The Bertz CT molecular complexity index is 532. The summed E-state index contributed by atoms with van der Waals surface area (Å²) >= 11 is 3.17. The lowest BCUT2D eigenvalue weighted by molar-refractivity contribution is 0.177. The van der Waals surface area contributed by atoms with E-state index < -0.39 is 16.3 Å². The highest BCUT2D eigenvalue weighted by Crippen LogP contribution is 2.23. The molecule has 0 saturated carbocycles. The summed E-state index contributed by atoms with van der Waals surface area (Å²) in [5.74, 6) is 0. The molecule has 0 heterocycles. The van der Waals surface area contributed by atoms with E-state index in [1.165, 1.54) is 12.1 Å². The molecule has 7 nitrogen and oxygen atoms in total. The first-order chi connectivity index (χ1) is 7.84. The van der Waals surface area contributed by atoms with Crippen LogP contribution in [0.15, 0.2) is 22.7 Å². The van der Waals surface area contributed by atoms with Crippen LogP contribution in [0.1, 0.15) is 0 Å². The third-order valence-electron chi connectivity index (χ3n) is 1.65. The second kappa shape index (κ2) is 5.23. The van der Waals surface area contributed by atoms with Gasteiger partial charge in [0.05, 0.1) is 12.8 Å². The molecular formula is C8H10BrN3O4S. The number of hydrogen-bond acceptors (Lipinski definition) is 5. The third kappa shape index (κ3) is 4.11. The molecule has 0 spiro atoms. The van der Waals surface area contributed by atoms with E-state index in [2.05, 4.69) is 25.4 Å². The summed E-state index contributed by atoms with van der Waals surface area (Å²) in [5, 5.41) is 0. The predicted octanol–water partition coefficient (Wildman–Crippen LogP) is 1.04. The van der Waals surface area contributed by atoms with E-state index in [1.807, 2.05) is 0 Å². The van der Waals surface area contributed by atoms with Crippen molar-refractivity contribution in [3.05, 3.63) is 22.7 Å². The van der Waals surface area contributed by atoms with Gasteiger partial charge in [-0.3, -0.25) is 4.72 Å². The summed E-state index contributed by atoms with van der Waals surface area (Å²) in [6.45, 7) is 0. The van der Waals surface area contributed by atoms with Gasteiger partial charge < -0.3 is 10.5 Å². The molecule has 0 radical (unpaired) electrons. The molecule has 17 heavy (non-hydrogen) atoms. The van der Waals surface area contributed by atoms with Gasteiger partial charge in [-0.1, -0.05) is 0 Å². The summed E-state index contributed by atoms with van der Waals surface area (Å²) < 4.78 is 31.3. The molecule has 0 saturated heterocycles. The number of nitrogen functional groups attached to an aromatic ring is 1. The number of benzene rings is 1. The summed E-state index contributed by atoms with van der Waals surface area (Å²) in [5.41, 5.74) is 6.16. The van der Waals surface area contributed by atoms with E-state index in [4.69, 9.17) is 5.73 Å². The van der Waals surface area contributed by atoms with Gasteiger partial charge in [-0.25, -0.2) is 9.52 Å². The van der Waals surface area contributed by atoms with Crippen molar-refractivity contribution in [2.75, 3.05) is 17.6 Å². The molecule has 9 heteroatoms. The minimum absolute atomic E-state index is 0.224.